The molecule has 15 heteroatoms. The minimum Gasteiger partial charge on any atom is -0.494 e. The highest BCUT2D eigenvalue weighted by atomic mass is 32.2. The number of hydrogen-bond donors (Lipinski definition) is 3. The third-order valence-corrected chi connectivity index (χ3v) is 12.4. The molecule has 0 bridgehead atoms. The lowest BCUT2D eigenvalue weighted by molar-refractivity contribution is -0.401. The number of aromatic hydroxyl groups is 1. The Kier molecular flexibility index (Phi) is 8.61. The lowest BCUT2D eigenvalue weighted by atomic mass is 9.81. The molecule has 1 aromatic heterocycles. The normalized spacial score (nSPS) is 19.8. The molecule has 6 rings (SSSR count). The zero-order valence-corrected chi connectivity index (χ0v) is 31.7. The van der Waals surface area contributed by atoms with Gasteiger partial charge in [0, 0.05) is 55.6 Å². The van der Waals surface area contributed by atoms with Crippen LogP contribution in [0, 0.1) is 0 Å². The summed E-state index contributed by atoms with van der Waals surface area (Å²) in [5.41, 5.74) is 3.75. The lowest BCUT2D eigenvalue weighted by Crippen LogP contribution is -2.38. The third-order valence-electron chi connectivity index (χ3n) is 10.7. The molecule has 0 atom stereocenters. The summed E-state index contributed by atoms with van der Waals surface area (Å²) in [7, 11) is -2.41. The van der Waals surface area contributed by atoms with Crippen LogP contribution in [0.5, 0.6) is 5.88 Å². The van der Waals surface area contributed by atoms with E-state index in [4.69, 9.17) is 0 Å². The number of nitrogens with zero attached hydrogens (tertiary/aromatic N) is 4. The number of hydrogen-bond acceptors (Lipinski definition) is 8. The zero-order valence-electron chi connectivity index (χ0n) is 30.1. The highest BCUT2D eigenvalue weighted by Gasteiger charge is 2.44. The first-order valence-corrected chi connectivity index (χ1v) is 19.3. The molecule has 274 valence electrons. The minimum absolute atomic E-state index is 0.0309. The highest BCUT2D eigenvalue weighted by molar-refractivity contribution is 7.86. The Hall–Kier alpha value is -4.83. The Labute approximate surface area is 302 Å². The smallest absolute Gasteiger partial charge is 0.333 e. The third kappa shape index (κ3) is 5.72. The van der Waals surface area contributed by atoms with Crippen molar-refractivity contribution < 1.29 is 35.6 Å². The number of aromatic nitrogens is 2. The van der Waals surface area contributed by atoms with E-state index in [2.05, 4.69) is 0 Å². The van der Waals surface area contributed by atoms with E-state index in [1.807, 2.05) is 75.6 Å². The molecule has 3 heterocycles. The first-order valence-electron chi connectivity index (χ1n) is 16.4. The molecule has 3 N–H and O–H groups in total. The molecular formula is C37H41N4O9S2+. The van der Waals surface area contributed by atoms with Gasteiger partial charge in [-0.15, -0.1) is 0 Å². The fourth-order valence-electron chi connectivity index (χ4n) is 7.74. The molecule has 2 aliphatic heterocycles. The molecule has 0 unspecified atom stereocenters. The second-order valence-corrected chi connectivity index (χ2v) is 17.3. The summed E-state index contributed by atoms with van der Waals surface area (Å²) in [6.07, 6.45) is 8.50. The van der Waals surface area contributed by atoms with E-state index >= 15 is 0 Å². The summed E-state index contributed by atoms with van der Waals surface area (Å²) >= 11 is 0. The molecule has 0 fully saturated rings. The van der Waals surface area contributed by atoms with Crippen LogP contribution in [0.3, 0.4) is 0 Å². The first kappa shape index (κ1) is 36.9. The number of fused-ring (bicyclic) bond motifs is 2. The van der Waals surface area contributed by atoms with E-state index in [0.29, 0.717) is 29.5 Å². The van der Waals surface area contributed by atoms with Gasteiger partial charge in [-0.25, -0.2) is 4.79 Å². The van der Waals surface area contributed by atoms with Crippen molar-refractivity contribution in [3.8, 4) is 5.88 Å². The van der Waals surface area contributed by atoms with E-state index < -0.39 is 48.2 Å². The SMILES string of the molecule is CN1/C(=C/C=C2\CCC(/C=C/C3=[N+](C)c4ccc(S(=O)(=O)O)cc4C3(C)C)=C2c2c(O)n(C)c(=O)n(C)c2=O)C(C)(C)c2cc(S(=O)(=O)O)ccc21. The molecule has 0 radical (unpaired) electrons. The molecule has 3 aliphatic rings. The van der Waals surface area contributed by atoms with Crippen molar-refractivity contribution >= 4 is 42.9 Å². The Morgan fingerprint density at radius 3 is 2.00 bits per heavy atom. The van der Waals surface area contributed by atoms with E-state index in [1.165, 1.54) is 38.4 Å². The fourth-order valence-corrected chi connectivity index (χ4v) is 8.76. The molecule has 2 aromatic carbocycles. The summed E-state index contributed by atoms with van der Waals surface area (Å²) in [4.78, 5) is 28.0. The first-order chi connectivity index (χ1) is 24.0. The van der Waals surface area contributed by atoms with Crippen LogP contribution in [0.25, 0.3) is 5.57 Å². The van der Waals surface area contributed by atoms with E-state index in [1.54, 1.807) is 12.1 Å². The molecule has 52 heavy (non-hydrogen) atoms. The standard InChI is InChI=1S/C37H40N4O9S2/c1-36(2)25-19-23(51(45,46)47)13-15-27(25)38(5)29(36)17-11-21-9-10-22(31(21)32-33(42)40(7)35(44)41(8)34(32)43)12-18-30-37(3,4)26-20-24(52(48,49)50)14-16-28(26)39(30)6/h11-20H,9-10H2,1-8H3,(H2,45,46,47,48,49,50)/p+1/b21-11+,29-17+. The van der Waals surface area contributed by atoms with Crippen molar-refractivity contribution in [3.05, 3.63) is 115 Å². The Morgan fingerprint density at radius 2 is 1.38 bits per heavy atom. The van der Waals surface area contributed by atoms with Crippen molar-refractivity contribution in [1.29, 1.82) is 0 Å². The molecule has 0 saturated carbocycles. The van der Waals surface area contributed by atoms with Crippen molar-refractivity contribution in [3.63, 3.8) is 0 Å². The van der Waals surface area contributed by atoms with E-state index in [-0.39, 0.29) is 15.4 Å². The van der Waals surface area contributed by atoms with Crippen LogP contribution in [0.4, 0.5) is 11.4 Å². The molecule has 0 saturated heterocycles. The summed E-state index contributed by atoms with van der Waals surface area (Å²) in [5.74, 6) is -0.478. The van der Waals surface area contributed by atoms with Gasteiger partial charge in [-0.2, -0.15) is 21.4 Å². The largest absolute Gasteiger partial charge is 0.494 e. The van der Waals surface area contributed by atoms with Gasteiger partial charge in [-0.05, 0) is 85.4 Å². The molecule has 0 spiro atoms. The number of benzene rings is 2. The fraction of sp³-hybridized carbons (Fsp3) is 0.324. The summed E-state index contributed by atoms with van der Waals surface area (Å²) in [5, 5.41) is 11.3. The van der Waals surface area contributed by atoms with Crippen molar-refractivity contribution in [2.45, 2.75) is 61.2 Å². The van der Waals surface area contributed by atoms with Gasteiger partial charge >= 0.3 is 5.69 Å². The van der Waals surface area contributed by atoms with Gasteiger partial charge in [0.1, 0.15) is 12.6 Å². The summed E-state index contributed by atoms with van der Waals surface area (Å²) < 4.78 is 71.0. The van der Waals surface area contributed by atoms with Crippen molar-refractivity contribution in [1.82, 2.24) is 9.13 Å². The van der Waals surface area contributed by atoms with Crippen LogP contribution in [0.1, 0.15) is 57.2 Å². The van der Waals surface area contributed by atoms with Gasteiger partial charge < -0.3 is 10.0 Å². The molecule has 3 aromatic rings. The van der Waals surface area contributed by atoms with Crippen LogP contribution < -0.4 is 16.1 Å². The Balaban J connectivity index is 1.51. The summed E-state index contributed by atoms with van der Waals surface area (Å²) in [6.45, 7) is 7.76. The number of anilines is 1. The maximum atomic E-state index is 13.7. The van der Waals surface area contributed by atoms with Crippen LogP contribution in [0.2, 0.25) is 0 Å². The monoisotopic (exact) mass is 749 g/mol. The highest BCUT2D eigenvalue weighted by Crippen LogP contribution is 2.48. The van der Waals surface area contributed by atoms with Gasteiger partial charge in [0.15, 0.2) is 5.71 Å². The average Bonchev–Trinajstić information content (AvgIpc) is 3.61. The molecule has 0 amide bonds. The molecule has 1 aliphatic carbocycles. The van der Waals surface area contributed by atoms with Crippen LogP contribution in [-0.2, 0) is 45.2 Å². The van der Waals surface area contributed by atoms with Crippen LogP contribution >= 0.6 is 0 Å². The summed E-state index contributed by atoms with van der Waals surface area (Å²) in [6, 6.07) is 8.92. The van der Waals surface area contributed by atoms with Crippen molar-refractivity contribution in [2.75, 3.05) is 19.0 Å². The second kappa shape index (κ2) is 12.1. The van der Waals surface area contributed by atoms with Crippen LogP contribution in [0.15, 0.2) is 96.9 Å². The topological polar surface area (TPSA) is 179 Å². The second-order valence-electron chi connectivity index (χ2n) is 14.4. The Bertz CT molecular complexity index is 2620. The van der Waals surface area contributed by atoms with Gasteiger partial charge in [0.2, 0.25) is 11.6 Å². The number of allylic oxidation sites excluding steroid dienone is 8. The average molecular weight is 750 g/mol. The van der Waals surface area contributed by atoms with Gasteiger partial charge in [-0.1, -0.05) is 26.0 Å². The maximum absolute atomic E-state index is 13.7. The zero-order chi connectivity index (χ0) is 38.5. The predicted octanol–water partition coefficient (Wildman–Crippen LogP) is 4.33. The van der Waals surface area contributed by atoms with E-state index in [0.717, 1.165) is 43.1 Å². The van der Waals surface area contributed by atoms with Gasteiger partial charge in [0.25, 0.3) is 25.8 Å². The maximum Gasteiger partial charge on any atom is 0.333 e. The Morgan fingerprint density at radius 1 is 0.788 bits per heavy atom. The lowest BCUT2D eigenvalue weighted by Gasteiger charge is -2.24. The van der Waals surface area contributed by atoms with E-state index in [9.17, 15) is 40.6 Å². The quantitative estimate of drug-likeness (QED) is 0.243. The van der Waals surface area contributed by atoms with Gasteiger partial charge in [0.05, 0.1) is 15.2 Å². The van der Waals surface area contributed by atoms with Gasteiger partial charge in [-0.3, -0.25) is 23.0 Å². The minimum atomic E-state index is -4.42. The van der Waals surface area contributed by atoms with Crippen molar-refractivity contribution in [2.24, 2.45) is 14.1 Å². The van der Waals surface area contributed by atoms with Crippen LogP contribution in [-0.4, -0.2) is 64.6 Å². The molecule has 13 nitrogen and oxygen atoms in total. The number of likely N-dealkylation sites (N-methyl/N-ethyl adjacent to an activating group) is 1. The predicted molar refractivity (Wildman–Crippen MR) is 198 cm³/mol. The number of rotatable bonds is 6. The molecular weight excluding hydrogens is 709 g/mol.